The molecule has 4 rings (SSSR count). The van der Waals surface area contributed by atoms with Gasteiger partial charge in [-0.15, -0.1) is 0 Å². The van der Waals surface area contributed by atoms with Crippen LogP contribution in [-0.2, 0) is 6.54 Å². The van der Waals surface area contributed by atoms with Crippen molar-refractivity contribution in [2.75, 3.05) is 6.54 Å². The number of hydrogen-bond acceptors (Lipinski definition) is 3. The van der Waals surface area contributed by atoms with E-state index in [1.54, 1.807) is 10.6 Å². The number of benzene rings is 2. The average molecular weight is 364 g/mol. The highest BCUT2D eigenvalue weighted by atomic mass is 16.1. The zero-order valence-corrected chi connectivity index (χ0v) is 16.6. The molecule has 27 heavy (non-hydrogen) atoms. The van der Waals surface area contributed by atoms with E-state index >= 15 is 0 Å². The highest BCUT2D eigenvalue weighted by Crippen LogP contribution is 2.39. The van der Waals surface area contributed by atoms with Gasteiger partial charge in [-0.1, -0.05) is 70.2 Å². The molecule has 0 atom stereocenters. The Morgan fingerprint density at radius 1 is 0.815 bits per heavy atom. The van der Waals surface area contributed by atoms with Crippen molar-refractivity contribution in [2.45, 2.75) is 40.7 Å². The van der Waals surface area contributed by atoms with Crippen molar-refractivity contribution in [3.63, 3.8) is 0 Å². The smallest absolute Gasteiger partial charge is 0.258 e. The number of nitrogens with zero attached hydrogens (tertiary/aromatic N) is 1. The Labute approximate surface area is 160 Å². The van der Waals surface area contributed by atoms with Gasteiger partial charge in [0.05, 0.1) is 11.3 Å². The molecule has 0 radical (unpaired) electrons. The molecular weight excluding hydrogens is 336 g/mol. The van der Waals surface area contributed by atoms with Crippen LogP contribution in [0.5, 0.6) is 0 Å². The van der Waals surface area contributed by atoms with Crippen molar-refractivity contribution in [3.05, 3.63) is 70.0 Å². The van der Waals surface area contributed by atoms with Gasteiger partial charge in [0.1, 0.15) is 0 Å². The number of aromatic nitrogens is 1. The summed E-state index contributed by atoms with van der Waals surface area (Å²) in [7, 11) is 0. The van der Waals surface area contributed by atoms with Crippen molar-refractivity contribution < 1.29 is 4.79 Å². The molecule has 0 spiro atoms. The number of fused-ring (bicyclic) bond motifs is 5. The molecular formula is C23H28N2O2. The molecule has 2 N–H and O–H groups in total. The topological polar surface area (TPSA) is 65.1 Å². The normalized spacial score (nSPS) is 11.1. The number of ketones is 1. The maximum absolute atomic E-state index is 12.9. The third-order valence-corrected chi connectivity index (χ3v) is 4.42. The Kier molecular flexibility index (Phi) is 7.08. The van der Waals surface area contributed by atoms with Gasteiger partial charge in [0, 0.05) is 28.4 Å². The van der Waals surface area contributed by atoms with Gasteiger partial charge >= 0.3 is 0 Å². The largest absolute Gasteiger partial charge is 0.330 e. The number of nitrogens with two attached hydrogens (primary N) is 1. The van der Waals surface area contributed by atoms with Crippen molar-refractivity contribution in [1.29, 1.82) is 0 Å². The van der Waals surface area contributed by atoms with Crippen LogP contribution in [0.2, 0.25) is 0 Å². The van der Waals surface area contributed by atoms with Crippen LogP contribution in [0.1, 0.15) is 50.0 Å². The maximum atomic E-state index is 12.9. The first kappa shape index (κ1) is 20.6. The fourth-order valence-corrected chi connectivity index (χ4v) is 3.39. The molecule has 1 heterocycles. The lowest BCUT2D eigenvalue weighted by Gasteiger charge is -2.14. The lowest BCUT2D eigenvalue weighted by atomic mass is 10.0. The van der Waals surface area contributed by atoms with Gasteiger partial charge < -0.3 is 10.3 Å². The molecule has 0 aliphatic heterocycles. The van der Waals surface area contributed by atoms with Gasteiger partial charge in [0.25, 0.3) is 5.56 Å². The number of carbonyl (C=O) groups excluding carboxylic acids is 1. The maximum Gasteiger partial charge on any atom is 0.258 e. The van der Waals surface area contributed by atoms with Crippen LogP contribution in [0.3, 0.4) is 0 Å². The second kappa shape index (κ2) is 9.28. The molecule has 0 amide bonds. The summed E-state index contributed by atoms with van der Waals surface area (Å²) in [5, 5.41) is 1.32. The molecule has 3 aromatic rings. The zero-order valence-electron chi connectivity index (χ0n) is 16.6. The summed E-state index contributed by atoms with van der Waals surface area (Å²) < 4.78 is 1.72. The quantitative estimate of drug-likeness (QED) is 0.577. The SMILES string of the molecule is CC.CC.NCCCn1c2c(c3ccccc3c1=O)C(=O)c1ccccc1-2. The number of carbonyl (C=O) groups is 1. The Morgan fingerprint density at radius 2 is 1.37 bits per heavy atom. The van der Waals surface area contributed by atoms with Gasteiger partial charge in [0.2, 0.25) is 0 Å². The van der Waals surface area contributed by atoms with Crippen LogP contribution >= 0.6 is 0 Å². The van der Waals surface area contributed by atoms with E-state index in [2.05, 4.69) is 0 Å². The summed E-state index contributed by atoms with van der Waals surface area (Å²) in [6.07, 6.45) is 0.695. The van der Waals surface area contributed by atoms with Gasteiger partial charge in [-0.2, -0.15) is 0 Å². The fourth-order valence-electron chi connectivity index (χ4n) is 3.39. The lowest BCUT2D eigenvalue weighted by molar-refractivity contribution is 0.104. The molecule has 0 saturated carbocycles. The summed E-state index contributed by atoms with van der Waals surface area (Å²) in [5.74, 6) is -0.00621. The Hall–Kier alpha value is -2.72. The third-order valence-electron chi connectivity index (χ3n) is 4.42. The lowest BCUT2D eigenvalue weighted by Crippen LogP contribution is -2.24. The van der Waals surface area contributed by atoms with Gasteiger partial charge in [-0.3, -0.25) is 9.59 Å². The van der Waals surface area contributed by atoms with Crippen LogP contribution in [0.4, 0.5) is 0 Å². The van der Waals surface area contributed by atoms with E-state index in [1.165, 1.54) is 0 Å². The minimum Gasteiger partial charge on any atom is -0.330 e. The Balaban J connectivity index is 0.000000614. The van der Waals surface area contributed by atoms with E-state index in [-0.39, 0.29) is 11.3 Å². The summed E-state index contributed by atoms with van der Waals surface area (Å²) in [4.78, 5) is 25.8. The molecule has 142 valence electrons. The summed E-state index contributed by atoms with van der Waals surface area (Å²) in [5.41, 5.74) is 8.45. The van der Waals surface area contributed by atoms with Crippen molar-refractivity contribution in [1.82, 2.24) is 4.57 Å². The molecule has 2 aromatic carbocycles. The highest BCUT2D eigenvalue weighted by molar-refractivity contribution is 6.26. The standard InChI is InChI=1S/C19H16N2O2.2C2H6/c20-10-5-11-21-17-13-7-2-3-8-14(13)18(22)16(17)12-6-1-4-9-15(12)19(21)23;2*1-2/h1-4,6-9H,5,10-11,20H2;2*1-2H3. The highest BCUT2D eigenvalue weighted by Gasteiger charge is 2.31. The molecule has 1 aliphatic rings. The van der Waals surface area contributed by atoms with Crippen LogP contribution in [-0.4, -0.2) is 16.9 Å². The monoisotopic (exact) mass is 364 g/mol. The van der Waals surface area contributed by atoms with E-state index in [9.17, 15) is 9.59 Å². The van der Waals surface area contributed by atoms with Crippen molar-refractivity contribution >= 4 is 16.6 Å². The summed E-state index contributed by atoms with van der Waals surface area (Å²) >= 11 is 0. The van der Waals surface area contributed by atoms with Crippen molar-refractivity contribution in [3.8, 4) is 11.3 Å². The predicted molar refractivity (Wildman–Crippen MR) is 113 cm³/mol. The first-order valence-electron chi connectivity index (χ1n) is 9.73. The average Bonchev–Trinajstić information content (AvgIpc) is 3.04. The molecule has 4 heteroatoms. The molecule has 0 unspecified atom stereocenters. The minimum absolute atomic E-state index is 0.00621. The molecule has 0 saturated heterocycles. The van der Waals surface area contributed by atoms with E-state index in [1.807, 2.05) is 70.2 Å². The zero-order chi connectivity index (χ0) is 20.0. The fraction of sp³-hybridized carbons (Fsp3) is 0.304. The Bertz CT molecular complexity index is 1000. The van der Waals surface area contributed by atoms with Gasteiger partial charge in [-0.05, 0) is 19.0 Å². The van der Waals surface area contributed by atoms with Gasteiger partial charge in [-0.25, -0.2) is 0 Å². The predicted octanol–water partition coefficient (Wildman–Crippen LogP) is 4.61. The molecule has 1 aliphatic carbocycles. The molecule has 0 fully saturated rings. The summed E-state index contributed by atoms with van der Waals surface area (Å²) in [6, 6.07) is 14.8. The molecule has 4 nitrogen and oxygen atoms in total. The van der Waals surface area contributed by atoms with E-state index in [0.29, 0.717) is 36.0 Å². The van der Waals surface area contributed by atoms with Crippen LogP contribution < -0.4 is 11.3 Å². The summed E-state index contributed by atoms with van der Waals surface area (Å²) in [6.45, 7) is 9.02. The van der Waals surface area contributed by atoms with Crippen LogP contribution in [0, 0.1) is 0 Å². The van der Waals surface area contributed by atoms with Crippen LogP contribution in [0.25, 0.3) is 22.0 Å². The van der Waals surface area contributed by atoms with E-state index in [0.717, 1.165) is 16.6 Å². The second-order valence-electron chi connectivity index (χ2n) is 5.74. The second-order valence-corrected chi connectivity index (χ2v) is 5.74. The number of pyridine rings is 1. The first-order valence-corrected chi connectivity index (χ1v) is 9.73. The minimum atomic E-state index is -0.0581. The van der Waals surface area contributed by atoms with E-state index < -0.39 is 0 Å². The first-order chi connectivity index (χ1) is 13.2. The third kappa shape index (κ3) is 3.45. The number of rotatable bonds is 3. The van der Waals surface area contributed by atoms with Crippen molar-refractivity contribution in [2.24, 2.45) is 5.73 Å². The number of hydrogen-bond donors (Lipinski definition) is 1. The van der Waals surface area contributed by atoms with Crippen LogP contribution in [0.15, 0.2) is 53.3 Å². The van der Waals surface area contributed by atoms with E-state index in [4.69, 9.17) is 5.73 Å². The molecule has 0 bridgehead atoms. The Morgan fingerprint density at radius 3 is 2.00 bits per heavy atom. The molecule has 1 aromatic heterocycles. The van der Waals surface area contributed by atoms with Gasteiger partial charge in [0.15, 0.2) is 5.78 Å².